The van der Waals surface area contributed by atoms with Gasteiger partial charge in [-0.05, 0) is 52.3 Å². The Balaban J connectivity index is 3.11. The van der Waals surface area contributed by atoms with E-state index in [1.54, 1.807) is 4.90 Å². The molecule has 0 saturated carbocycles. The largest absolute Gasteiger partial charge is 0.328 e. The van der Waals surface area contributed by atoms with Gasteiger partial charge in [0.15, 0.2) is 0 Å². The van der Waals surface area contributed by atoms with Crippen LogP contribution in [-0.4, -0.2) is 22.5 Å². The van der Waals surface area contributed by atoms with E-state index in [1.165, 1.54) is 0 Å². The lowest BCUT2D eigenvalue weighted by atomic mass is 10.3. The number of allylic oxidation sites excluding steroid dienone is 7. The summed E-state index contributed by atoms with van der Waals surface area (Å²) in [5, 5.41) is 2.93. The number of nitrogens with one attached hydrogen (secondary N) is 2. The molecule has 0 spiro atoms. The van der Waals surface area contributed by atoms with Gasteiger partial charge in [-0.1, -0.05) is 43.4 Å². The predicted molar refractivity (Wildman–Crippen MR) is 112 cm³/mol. The maximum atomic E-state index is 12.8. The lowest BCUT2D eigenvalue weighted by molar-refractivity contribution is 0.248. The molecule has 140 valence electrons. The standard InChI is InChI=1S/C21H30N4O/c1-6-11-12-15-17(10-5)22-21(26)25(16-9-4)20-23-18(13-7-2)19(24-20)14-8-3/h6-8,10-15H,9,16H2,1-5H3,(H,22,26)(H,23,24)/b11-6?,13-7-,14-8-,15-12?,17-10?. The molecule has 1 heterocycles. The number of anilines is 1. The average molecular weight is 354 g/mol. The summed E-state index contributed by atoms with van der Waals surface area (Å²) >= 11 is 0. The van der Waals surface area contributed by atoms with Gasteiger partial charge in [-0.15, -0.1) is 0 Å². The van der Waals surface area contributed by atoms with E-state index in [-0.39, 0.29) is 6.03 Å². The van der Waals surface area contributed by atoms with Crippen LogP contribution in [0, 0.1) is 0 Å². The Hall–Kier alpha value is -2.82. The molecule has 26 heavy (non-hydrogen) atoms. The molecule has 0 aliphatic rings. The molecule has 0 bridgehead atoms. The molecule has 0 fully saturated rings. The van der Waals surface area contributed by atoms with Crippen molar-refractivity contribution in [3.63, 3.8) is 0 Å². The molecule has 0 atom stereocenters. The van der Waals surface area contributed by atoms with Gasteiger partial charge in [0.2, 0.25) is 5.95 Å². The summed E-state index contributed by atoms with van der Waals surface area (Å²) in [6.45, 7) is 10.3. The Bertz CT molecular complexity index is 691. The average Bonchev–Trinajstić information content (AvgIpc) is 3.01. The number of rotatable bonds is 8. The van der Waals surface area contributed by atoms with E-state index in [9.17, 15) is 4.79 Å². The molecule has 1 aromatic heterocycles. The third-order valence-corrected chi connectivity index (χ3v) is 3.50. The molecule has 1 aromatic rings. The molecule has 0 saturated heterocycles. The van der Waals surface area contributed by atoms with Crippen LogP contribution in [0.3, 0.4) is 0 Å². The van der Waals surface area contributed by atoms with Gasteiger partial charge in [-0.3, -0.25) is 4.90 Å². The summed E-state index contributed by atoms with van der Waals surface area (Å²) in [5.74, 6) is 0.540. The molecule has 5 nitrogen and oxygen atoms in total. The van der Waals surface area contributed by atoms with Crippen molar-refractivity contribution in [2.24, 2.45) is 0 Å². The second kappa shape index (κ2) is 11.7. The van der Waals surface area contributed by atoms with Crippen LogP contribution in [0.4, 0.5) is 10.7 Å². The number of carbonyl (C=O) groups excluding carboxylic acids is 1. The van der Waals surface area contributed by atoms with Crippen molar-refractivity contribution in [1.29, 1.82) is 0 Å². The summed E-state index contributed by atoms with van der Waals surface area (Å²) in [7, 11) is 0. The van der Waals surface area contributed by atoms with Crippen molar-refractivity contribution < 1.29 is 4.79 Å². The monoisotopic (exact) mass is 354 g/mol. The van der Waals surface area contributed by atoms with Crippen molar-refractivity contribution in [3.8, 4) is 0 Å². The lowest BCUT2D eigenvalue weighted by Gasteiger charge is -2.20. The summed E-state index contributed by atoms with van der Waals surface area (Å²) in [5.41, 5.74) is 2.44. The SMILES string of the molecule is CC=CC=CC(=CC)NC(=O)N(CCC)c1nc(/C=C\C)c(/C=C\C)[nH]1. The highest BCUT2D eigenvalue weighted by Crippen LogP contribution is 2.18. The molecule has 0 aliphatic heterocycles. The number of nitrogens with zero attached hydrogens (tertiary/aromatic N) is 2. The first kappa shape index (κ1) is 21.2. The summed E-state index contributed by atoms with van der Waals surface area (Å²) in [6.07, 6.45) is 18.0. The third-order valence-electron chi connectivity index (χ3n) is 3.50. The smallest absolute Gasteiger partial charge is 0.324 e. The number of carbonyl (C=O) groups is 1. The predicted octanol–water partition coefficient (Wildman–Crippen LogP) is 5.44. The highest BCUT2D eigenvalue weighted by atomic mass is 16.2. The van der Waals surface area contributed by atoms with E-state index < -0.39 is 0 Å². The van der Waals surface area contributed by atoms with Gasteiger partial charge in [0, 0.05) is 12.2 Å². The van der Waals surface area contributed by atoms with Crippen molar-refractivity contribution in [2.45, 2.75) is 41.0 Å². The Morgan fingerprint density at radius 1 is 1.12 bits per heavy atom. The first-order valence-electron chi connectivity index (χ1n) is 9.00. The van der Waals surface area contributed by atoms with E-state index in [1.807, 2.05) is 89.3 Å². The van der Waals surface area contributed by atoms with Crippen molar-refractivity contribution in [2.75, 3.05) is 11.4 Å². The number of hydrogen-bond donors (Lipinski definition) is 2. The fourth-order valence-electron chi connectivity index (χ4n) is 2.29. The van der Waals surface area contributed by atoms with Gasteiger partial charge >= 0.3 is 6.03 Å². The number of aromatic nitrogens is 2. The van der Waals surface area contributed by atoms with Crippen LogP contribution in [0.5, 0.6) is 0 Å². The second-order valence-electron chi connectivity index (χ2n) is 5.57. The molecule has 5 heteroatoms. The van der Waals surface area contributed by atoms with Crippen LogP contribution in [0.1, 0.15) is 52.4 Å². The second-order valence-corrected chi connectivity index (χ2v) is 5.57. The Labute approximate surface area is 156 Å². The van der Waals surface area contributed by atoms with Crippen LogP contribution in [0.15, 0.2) is 48.2 Å². The number of hydrogen-bond acceptors (Lipinski definition) is 2. The Morgan fingerprint density at radius 3 is 2.42 bits per heavy atom. The number of H-pyrrole nitrogens is 1. The summed E-state index contributed by atoms with van der Waals surface area (Å²) < 4.78 is 0. The normalized spacial score (nSPS) is 12.9. The molecular weight excluding hydrogens is 324 g/mol. The quantitative estimate of drug-likeness (QED) is 0.611. The van der Waals surface area contributed by atoms with Gasteiger partial charge in [0.05, 0.1) is 11.4 Å². The Kier molecular flexibility index (Phi) is 9.54. The molecule has 2 N–H and O–H groups in total. The van der Waals surface area contributed by atoms with Gasteiger partial charge in [-0.2, -0.15) is 0 Å². The molecule has 0 aromatic carbocycles. The zero-order valence-electron chi connectivity index (χ0n) is 16.4. The molecule has 0 unspecified atom stereocenters. The minimum absolute atomic E-state index is 0.210. The van der Waals surface area contributed by atoms with Gasteiger partial charge < -0.3 is 10.3 Å². The zero-order chi connectivity index (χ0) is 19.4. The highest BCUT2D eigenvalue weighted by molar-refractivity contribution is 5.92. The molecule has 0 aliphatic carbocycles. The van der Waals surface area contributed by atoms with Gasteiger partial charge in [-0.25, -0.2) is 9.78 Å². The summed E-state index contributed by atoms with van der Waals surface area (Å²) in [6, 6.07) is -0.210. The van der Waals surface area contributed by atoms with Crippen molar-refractivity contribution in [3.05, 3.63) is 59.6 Å². The fraction of sp³-hybridized carbons (Fsp3) is 0.333. The van der Waals surface area contributed by atoms with Crippen molar-refractivity contribution in [1.82, 2.24) is 15.3 Å². The topological polar surface area (TPSA) is 61.0 Å². The van der Waals surface area contributed by atoms with E-state index in [2.05, 4.69) is 15.3 Å². The molecule has 1 rings (SSSR count). The Morgan fingerprint density at radius 2 is 1.85 bits per heavy atom. The summed E-state index contributed by atoms with van der Waals surface area (Å²) in [4.78, 5) is 22.3. The van der Waals surface area contributed by atoms with Gasteiger partial charge in [0.25, 0.3) is 0 Å². The van der Waals surface area contributed by atoms with Crippen LogP contribution in [0.25, 0.3) is 12.2 Å². The van der Waals surface area contributed by atoms with Crippen LogP contribution < -0.4 is 10.2 Å². The van der Waals surface area contributed by atoms with Crippen LogP contribution in [-0.2, 0) is 0 Å². The lowest BCUT2D eigenvalue weighted by Crippen LogP contribution is -2.40. The molecular formula is C21H30N4O. The zero-order valence-corrected chi connectivity index (χ0v) is 16.4. The fourth-order valence-corrected chi connectivity index (χ4v) is 2.29. The maximum Gasteiger partial charge on any atom is 0.328 e. The number of imidazole rings is 1. The van der Waals surface area contributed by atoms with E-state index in [0.29, 0.717) is 12.5 Å². The molecule has 0 radical (unpaired) electrons. The molecule has 2 amide bonds. The van der Waals surface area contributed by atoms with E-state index >= 15 is 0 Å². The van der Waals surface area contributed by atoms with E-state index in [4.69, 9.17) is 0 Å². The minimum Gasteiger partial charge on any atom is -0.324 e. The van der Waals surface area contributed by atoms with Crippen molar-refractivity contribution >= 4 is 24.1 Å². The third kappa shape index (κ3) is 6.24. The maximum absolute atomic E-state index is 12.8. The van der Waals surface area contributed by atoms with Crippen LogP contribution in [0.2, 0.25) is 0 Å². The van der Waals surface area contributed by atoms with Gasteiger partial charge in [0.1, 0.15) is 0 Å². The number of urea groups is 1. The van der Waals surface area contributed by atoms with E-state index in [0.717, 1.165) is 23.5 Å². The first-order valence-corrected chi connectivity index (χ1v) is 9.00. The first-order chi connectivity index (χ1) is 12.6. The number of amides is 2. The highest BCUT2D eigenvalue weighted by Gasteiger charge is 2.19. The van der Waals surface area contributed by atoms with Crippen LogP contribution >= 0.6 is 0 Å². The minimum atomic E-state index is -0.210. The number of aromatic amines is 1.